The minimum atomic E-state index is 0.364. The number of rotatable bonds is 4. The molecule has 0 unspecified atom stereocenters. The van der Waals surface area contributed by atoms with Gasteiger partial charge in [-0.1, -0.05) is 23.9 Å². The number of nitrogens with zero attached hydrogens (tertiary/aromatic N) is 4. The lowest BCUT2D eigenvalue weighted by Gasteiger charge is -2.09. The van der Waals surface area contributed by atoms with Gasteiger partial charge in [-0.25, -0.2) is 0 Å². The van der Waals surface area contributed by atoms with E-state index >= 15 is 0 Å². The van der Waals surface area contributed by atoms with Crippen LogP contribution in [0.1, 0.15) is 31.0 Å². The number of hydrogen-bond donors (Lipinski definition) is 0. The standard InChI is InChI=1S/C13H14N4S/c1-10(2)17-9-15-16-13(17)18-8-12-5-3-11(7-14)4-6-12/h3-6,9-10H,8H2,1-2H3. The van der Waals surface area contributed by atoms with Crippen LogP contribution in [0.4, 0.5) is 0 Å². The molecular formula is C13H14N4S. The highest BCUT2D eigenvalue weighted by Crippen LogP contribution is 2.23. The first-order chi connectivity index (χ1) is 8.70. The molecule has 2 rings (SSSR count). The molecule has 0 radical (unpaired) electrons. The monoisotopic (exact) mass is 258 g/mol. The second-order valence-corrected chi connectivity index (χ2v) is 5.15. The Bertz CT molecular complexity index is 551. The minimum Gasteiger partial charge on any atom is -0.306 e. The van der Waals surface area contributed by atoms with E-state index in [1.165, 1.54) is 5.56 Å². The van der Waals surface area contributed by atoms with Gasteiger partial charge in [0.05, 0.1) is 11.6 Å². The van der Waals surface area contributed by atoms with Crippen LogP contribution >= 0.6 is 11.8 Å². The smallest absolute Gasteiger partial charge is 0.191 e. The number of benzene rings is 1. The summed E-state index contributed by atoms with van der Waals surface area (Å²) in [7, 11) is 0. The maximum atomic E-state index is 8.73. The molecule has 92 valence electrons. The highest BCUT2D eigenvalue weighted by molar-refractivity contribution is 7.98. The fourth-order valence-electron chi connectivity index (χ4n) is 1.51. The van der Waals surface area contributed by atoms with Crippen molar-refractivity contribution < 1.29 is 0 Å². The summed E-state index contributed by atoms with van der Waals surface area (Å²) in [6.07, 6.45) is 1.76. The summed E-state index contributed by atoms with van der Waals surface area (Å²) >= 11 is 1.66. The van der Waals surface area contributed by atoms with E-state index in [2.05, 4.69) is 30.1 Å². The first-order valence-corrected chi connectivity index (χ1v) is 6.70. The second-order valence-electron chi connectivity index (χ2n) is 4.21. The first kappa shape index (κ1) is 12.7. The third-order valence-corrected chi connectivity index (χ3v) is 3.58. The van der Waals surface area contributed by atoms with E-state index in [-0.39, 0.29) is 0 Å². The topological polar surface area (TPSA) is 54.5 Å². The quantitative estimate of drug-likeness (QED) is 0.791. The number of nitriles is 1. The van der Waals surface area contributed by atoms with Crippen molar-refractivity contribution in [1.82, 2.24) is 14.8 Å². The van der Waals surface area contributed by atoms with Crippen molar-refractivity contribution in [3.05, 3.63) is 41.7 Å². The molecule has 2 aromatic rings. The molecule has 1 heterocycles. The molecule has 18 heavy (non-hydrogen) atoms. The molecule has 0 atom stereocenters. The summed E-state index contributed by atoms with van der Waals surface area (Å²) in [5.74, 6) is 0.830. The van der Waals surface area contributed by atoms with Crippen LogP contribution in [0.2, 0.25) is 0 Å². The molecule has 5 heteroatoms. The van der Waals surface area contributed by atoms with E-state index in [0.29, 0.717) is 11.6 Å². The maximum absolute atomic E-state index is 8.73. The second kappa shape index (κ2) is 5.69. The predicted molar refractivity (Wildman–Crippen MR) is 71.1 cm³/mol. The zero-order chi connectivity index (χ0) is 13.0. The van der Waals surface area contributed by atoms with E-state index < -0.39 is 0 Å². The average Bonchev–Trinajstić information content (AvgIpc) is 2.85. The van der Waals surface area contributed by atoms with Crippen LogP contribution in [0.25, 0.3) is 0 Å². The molecule has 0 aliphatic heterocycles. The molecule has 0 fully saturated rings. The Hall–Kier alpha value is -1.80. The van der Waals surface area contributed by atoms with Crippen molar-refractivity contribution in [1.29, 1.82) is 5.26 Å². The summed E-state index contributed by atoms with van der Waals surface area (Å²) in [5.41, 5.74) is 1.87. The third kappa shape index (κ3) is 2.90. The van der Waals surface area contributed by atoms with Crippen LogP contribution in [0.3, 0.4) is 0 Å². The van der Waals surface area contributed by atoms with Crippen molar-refractivity contribution in [2.45, 2.75) is 30.8 Å². The number of thioether (sulfide) groups is 1. The largest absolute Gasteiger partial charge is 0.306 e. The normalized spacial score (nSPS) is 10.6. The summed E-state index contributed by atoms with van der Waals surface area (Å²) in [6.45, 7) is 4.21. The van der Waals surface area contributed by atoms with Crippen molar-refractivity contribution >= 4 is 11.8 Å². The lowest BCUT2D eigenvalue weighted by Crippen LogP contribution is -2.00. The van der Waals surface area contributed by atoms with Crippen LogP contribution in [0.15, 0.2) is 35.7 Å². The Morgan fingerprint density at radius 1 is 1.33 bits per heavy atom. The summed E-state index contributed by atoms with van der Waals surface area (Å²) in [6, 6.07) is 10.1. The van der Waals surface area contributed by atoms with Gasteiger partial charge in [-0.05, 0) is 31.5 Å². The predicted octanol–water partition coefficient (Wildman–Crippen LogP) is 3.02. The Kier molecular flexibility index (Phi) is 4.00. The van der Waals surface area contributed by atoms with Gasteiger partial charge in [-0.15, -0.1) is 10.2 Å². The van der Waals surface area contributed by atoms with Gasteiger partial charge in [0.1, 0.15) is 6.33 Å². The highest BCUT2D eigenvalue weighted by atomic mass is 32.2. The molecule has 0 amide bonds. The van der Waals surface area contributed by atoms with Gasteiger partial charge in [0.15, 0.2) is 5.16 Å². The van der Waals surface area contributed by atoms with Gasteiger partial charge in [0, 0.05) is 11.8 Å². The zero-order valence-corrected chi connectivity index (χ0v) is 11.2. The lowest BCUT2D eigenvalue weighted by molar-refractivity contribution is 0.549. The Morgan fingerprint density at radius 3 is 2.67 bits per heavy atom. The molecule has 0 bridgehead atoms. The maximum Gasteiger partial charge on any atom is 0.191 e. The Labute approximate surface area is 111 Å². The van der Waals surface area contributed by atoms with Gasteiger partial charge in [0.2, 0.25) is 0 Å². The van der Waals surface area contributed by atoms with Gasteiger partial charge >= 0.3 is 0 Å². The van der Waals surface area contributed by atoms with Crippen LogP contribution in [0.5, 0.6) is 0 Å². The van der Waals surface area contributed by atoms with Crippen LogP contribution < -0.4 is 0 Å². The third-order valence-electron chi connectivity index (χ3n) is 2.55. The van der Waals surface area contributed by atoms with Crippen molar-refractivity contribution in [3.63, 3.8) is 0 Å². The molecule has 1 aromatic carbocycles. The first-order valence-electron chi connectivity index (χ1n) is 5.72. The average molecular weight is 258 g/mol. The van der Waals surface area contributed by atoms with E-state index in [4.69, 9.17) is 5.26 Å². The molecule has 0 saturated heterocycles. The van der Waals surface area contributed by atoms with Crippen molar-refractivity contribution in [2.75, 3.05) is 0 Å². The van der Waals surface area contributed by atoms with Crippen molar-refractivity contribution in [3.8, 4) is 6.07 Å². The summed E-state index contributed by atoms with van der Waals surface area (Å²) < 4.78 is 2.05. The van der Waals surface area contributed by atoms with Crippen LogP contribution in [-0.4, -0.2) is 14.8 Å². The minimum absolute atomic E-state index is 0.364. The Balaban J connectivity index is 2.02. The molecule has 0 spiro atoms. The SMILES string of the molecule is CC(C)n1cnnc1SCc1ccc(C#N)cc1. The van der Waals surface area contributed by atoms with Crippen LogP contribution in [0, 0.1) is 11.3 Å². The molecular weight excluding hydrogens is 244 g/mol. The highest BCUT2D eigenvalue weighted by Gasteiger charge is 2.07. The fraction of sp³-hybridized carbons (Fsp3) is 0.308. The molecule has 4 nitrogen and oxygen atoms in total. The molecule has 0 N–H and O–H groups in total. The summed E-state index contributed by atoms with van der Waals surface area (Å²) in [4.78, 5) is 0. The molecule has 0 aliphatic carbocycles. The van der Waals surface area contributed by atoms with Crippen LogP contribution in [-0.2, 0) is 5.75 Å². The van der Waals surface area contributed by atoms with E-state index in [0.717, 1.165) is 10.9 Å². The number of aromatic nitrogens is 3. The Morgan fingerprint density at radius 2 is 2.06 bits per heavy atom. The van der Waals surface area contributed by atoms with Gasteiger partial charge in [-0.3, -0.25) is 0 Å². The van der Waals surface area contributed by atoms with E-state index in [1.54, 1.807) is 18.1 Å². The zero-order valence-electron chi connectivity index (χ0n) is 10.4. The molecule has 1 aromatic heterocycles. The van der Waals surface area contributed by atoms with Gasteiger partial charge in [0.25, 0.3) is 0 Å². The fourth-order valence-corrected chi connectivity index (χ4v) is 2.51. The van der Waals surface area contributed by atoms with Gasteiger partial charge < -0.3 is 4.57 Å². The van der Waals surface area contributed by atoms with Gasteiger partial charge in [-0.2, -0.15) is 5.26 Å². The van der Waals surface area contributed by atoms with E-state index in [1.807, 2.05) is 28.8 Å². The molecule has 0 aliphatic rings. The summed E-state index contributed by atoms with van der Waals surface area (Å²) in [5, 5.41) is 17.7. The molecule has 0 saturated carbocycles. The van der Waals surface area contributed by atoms with E-state index in [9.17, 15) is 0 Å². The van der Waals surface area contributed by atoms with Crippen molar-refractivity contribution in [2.24, 2.45) is 0 Å². The lowest BCUT2D eigenvalue weighted by atomic mass is 10.2. The number of hydrogen-bond acceptors (Lipinski definition) is 4.